The molecule has 0 spiro atoms. The number of esters is 1. The molecule has 7 N–H and O–H groups in total. The Morgan fingerprint density at radius 1 is 1.00 bits per heavy atom. The van der Waals surface area contributed by atoms with Crippen molar-refractivity contribution in [2.45, 2.75) is 85.6 Å². The molecule has 14 nitrogen and oxygen atoms in total. The molecule has 0 aromatic heterocycles. The molecule has 9 atom stereocenters. The zero-order valence-electron chi connectivity index (χ0n) is 31.1. The van der Waals surface area contributed by atoms with Crippen molar-refractivity contribution >= 4 is 34.1 Å². The molecule has 280 valence electrons. The van der Waals surface area contributed by atoms with Crippen LogP contribution in [0, 0.1) is 30.6 Å². The Bertz CT molecular complexity index is 1770. The molecule has 15 heteroatoms. The van der Waals surface area contributed by atoms with E-state index >= 15 is 0 Å². The number of phenolic OH excluding ortho intramolecular Hbond substituents is 2. The van der Waals surface area contributed by atoms with Crippen molar-refractivity contribution in [1.29, 1.82) is 0 Å². The normalized spacial score (nSPS) is 31.3. The van der Waals surface area contributed by atoms with Crippen LogP contribution >= 0.6 is 0 Å². The Labute approximate surface area is 324 Å². The zero-order valence-corrected chi connectivity index (χ0v) is 33.1. The minimum Gasteiger partial charge on any atom is -0.871 e. The number of fused-ring (bicyclic) bond motifs is 14. The molecule has 0 aliphatic carbocycles. The predicted octanol–water partition coefficient (Wildman–Crippen LogP) is 0.301. The Balaban J connectivity index is 0.00000468. The molecule has 2 aromatic rings. The summed E-state index contributed by atoms with van der Waals surface area (Å²) in [6.45, 7) is 12.4. The fourth-order valence-corrected chi connectivity index (χ4v) is 6.64. The fraction of sp³-hybridized carbons (Fsp3) is 0.486. The molecule has 3 heterocycles. The number of ether oxygens (including phenoxy) is 4. The zero-order chi connectivity index (χ0) is 37.4. The van der Waals surface area contributed by atoms with Gasteiger partial charge in [-0.05, 0) is 19.9 Å². The number of phenols is 2. The number of hydrogen-bond acceptors (Lipinski definition) is 12. The number of hydrogen-bond donors (Lipinski definition) is 5. The van der Waals surface area contributed by atoms with Gasteiger partial charge < -0.3 is 55.3 Å². The molecule has 3 aliphatic rings. The third-order valence-corrected chi connectivity index (χ3v) is 9.82. The van der Waals surface area contributed by atoms with Crippen LogP contribution in [0.15, 0.2) is 42.2 Å². The van der Waals surface area contributed by atoms with Crippen molar-refractivity contribution in [3.63, 3.8) is 0 Å². The number of ketones is 1. The molecule has 0 saturated carbocycles. The second kappa shape index (κ2) is 17.5. The predicted molar refractivity (Wildman–Crippen MR) is 185 cm³/mol. The third kappa shape index (κ3) is 8.44. The third-order valence-electron chi connectivity index (χ3n) is 9.82. The molecular formula is C37H48NNaO13. The van der Waals surface area contributed by atoms with Gasteiger partial charge in [0.1, 0.15) is 23.4 Å². The molecule has 52 heavy (non-hydrogen) atoms. The van der Waals surface area contributed by atoms with Crippen LogP contribution in [0.3, 0.4) is 0 Å². The van der Waals surface area contributed by atoms with Gasteiger partial charge in [0, 0.05) is 78.3 Å². The van der Waals surface area contributed by atoms with Gasteiger partial charge in [-0.2, -0.15) is 0 Å². The summed E-state index contributed by atoms with van der Waals surface area (Å²) >= 11 is 0. The average molecular weight is 738 g/mol. The Kier molecular flexibility index (Phi) is 15.0. The first-order chi connectivity index (χ1) is 23.4. The van der Waals surface area contributed by atoms with E-state index in [1.165, 1.54) is 53.2 Å². The number of aliphatic hydroxyl groups excluding tert-OH is 2. The van der Waals surface area contributed by atoms with E-state index in [0.29, 0.717) is 0 Å². The number of aromatic hydroxyl groups is 2. The van der Waals surface area contributed by atoms with Crippen molar-refractivity contribution in [3.05, 3.63) is 53.3 Å². The number of amides is 1. The van der Waals surface area contributed by atoms with E-state index in [1.807, 2.05) is 0 Å². The summed E-state index contributed by atoms with van der Waals surface area (Å²) in [6.07, 6.45) is 3.52. The molecule has 0 radical (unpaired) electrons. The molecule has 0 unspecified atom stereocenters. The van der Waals surface area contributed by atoms with Crippen LogP contribution in [-0.4, -0.2) is 80.9 Å². The van der Waals surface area contributed by atoms with E-state index in [4.69, 9.17) is 18.9 Å². The van der Waals surface area contributed by atoms with Gasteiger partial charge in [-0.1, -0.05) is 51.7 Å². The van der Waals surface area contributed by atoms with Crippen molar-refractivity contribution in [3.8, 4) is 23.0 Å². The molecule has 5 rings (SSSR count). The van der Waals surface area contributed by atoms with E-state index in [9.17, 15) is 39.9 Å². The first-order valence-corrected chi connectivity index (χ1v) is 16.4. The van der Waals surface area contributed by atoms with Gasteiger partial charge in [0.15, 0.2) is 0 Å². The summed E-state index contributed by atoms with van der Waals surface area (Å²) in [5.41, 5.74) is -0.312. The van der Waals surface area contributed by atoms with Crippen LogP contribution in [0.1, 0.15) is 64.4 Å². The fourth-order valence-electron chi connectivity index (χ4n) is 6.64. The number of allylic oxidation sites excluding steroid dienone is 2. The van der Waals surface area contributed by atoms with Crippen LogP contribution in [0.2, 0.25) is 0 Å². The van der Waals surface area contributed by atoms with E-state index in [2.05, 4.69) is 5.32 Å². The quantitative estimate of drug-likeness (QED) is 0.207. The van der Waals surface area contributed by atoms with Crippen molar-refractivity contribution in [1.82, 2.24) is 0 Å². The van der Waals surface area contributed by atoms with Gasteiger partial charge >= 0.3 is 41.3 Å². The van der Waals surface area contributed by atoms with E-state index < -0.39 is 88.8 Å². The molecule has 1 amide bonds. The smallest absolute Gasteiger partial charge is 0.871 e. The summed E-state index contributed by atoms with van der Waals surface area (Å²) in [4.78, 5) is 39.2. The Morgan fingerprint density at radius 3 is 2.23 bits per heavy atom. The van der Waals surface area contributed by atoms with Crippen LogP contribution < -0.4 is 44.7 Å². The summed E-state index contributed by atoms with van der Waals surface area (Å²) in [7, 11) is 1.43. The minimum absolute atomic E-state index is 0. The standard InChI is InChI=1S/C37H47NO12.Na.H2O/c1-16-11-10-12-17(2)36(46)38-23-15-24(40)26-27(32(23)44)31(43)21(6)34-28(26)35(45)37(8,50-34)48-14-13-25(47-9)18(3)33(49-22(7)39)20(5)30(42)19(4)29(16)41;;/h10-16,18-20,25,29-30,33,40-44H,1-9H3,(H,38,46);;1H2/q;+1;/p-1/b11-10-,14-13?,17-12-;;/t16-,18+,19+,20+,25-,29-,30+,33+,37-;;/m0../s1. The SMILES string of the molecule is CO[C@H]1C=CO[C@@]2(C)Oc3c(C)c(O)c4c([O-])c(cc(O)c4c3C2=O)NC(=O)/C(C)=C\C=C/[C@H](C)[C@H](O)[C@@H](C)[C@@H](O)[C@@H](C)[C@H](OC(C)=O)[C@@H]1C.O.[Na+]. The van der Waals surface area contributed by atoms with E-state index in [1.54, 1.807) is 39.8 Å². The van der Waals surface area contributed by atoms with Gasteiger partial charge in [-0.15, -0.1) is 0 Å². The van der Waals surface area contributed by atoms with Crippen LogP contribution in [0.4, 0.5) is 5.69 Å². The average Bonchev–Trinajstić information content (AvgIpc) is 3.33. The van der Waals surface area contributed by atoms with Gasteiger partial charge in [-0.3, -0.25) is 14.4 Å². The van der Waals surface area contributed by atoms with Crippen molar-refractivity contribution in [2.24, 2.45) is 23.7 Å². The minimum atomic E-state index is -2.00. The van der Waals surface area contributed by atoms with Crippen LogP contribution in [0.25, 0.3) is 10.8 Å². The number of carbonyl (C=O) groups is 3. The number of methoxy groups -OCH3 is 1. The summed E-state index contributed by atoms with van der Waals surface area (Å²) in [5.74, 6) is -8.49. The van der Waals surface area contributed by atoms with Crippen molar-refractivity contribution < 1.29 is 93.9 Å². The van der Waals surface area contributed by atoms with Crippen molar-refractivity contribution in [2.75, 3.05) is 12.4 Å². The molecule has 2 aromatic carbocycles. The first-order valence-electron chi connectivity index (χ1n) is 16.4. The van der Waals surface area contributed by atoms with Gasteiger partial charge in [0.25, 0.3) is 11.7 Å². The maximum Gasteiger partial charge on any atom is 1.00 e. The van der Waals surface area contributed by atoms with Gasteiger partial charge in [0.05, 0.1) is 30.1 Å². The maximum absolute atomic E-state index is 13.9. The first kappa shape index (κ1) is 44.5. The van der Waals surface area contributed by atoms with E-state index in [0.717, 1.165) is 6.07 Å². The van der Waals surface area contributed by atoms with Gasteiger partial charge in [-0.25, -0.2) is 0 Å². The second-order valence-corrected chi connectivity index (χ2v) is 13.4. The number of anilines is 1. The second-order valence-electron chi connectivity index (χ2n) is 13.4. The summed E-state index contributed by atoms with van der Waals surface area (Å²) in [5, 5.41) is 60.2. The number of benzene rings is 2. The molecule has 3 aliphatic heterocycles. The van der Waals surface area contributed by atoms with Crippen LogP contribution in [-0.2, 0) is 23.8 Å². The summed E-state index contributed by atoms with van der Waals surface area (Å²) in [6, 6.07) is 0.999. The number of rotatable bonds is 2. The number of Topliss-reactive ketones (excluding diaryl/α,β-unsaturated/α-hetero) is 1. The maximum atomic E-state index is 13.9. The largest absolute Gasteiger partial charge is 1.00 e. The topological polar surface area (TPSA) is 236 Å². The Hall–Kier alpha value is -3.63. The number of nitrogens with one attached hydrogen (secondary N) is 1. The van der Waals surface area contributed by atoms with Gasteiger partial charge in [0.2, 0.25) is 0 Å². The Morgan fingerprint density at radius 2 is 1.63 bits per heavy atom. The van der Waals surface area contributed by atoms with Crippen LogP contribution in [0.5, 0.6) is 23.0 Å². The van der Waals surface area contributed by atoms with E-state index in [-0.39, 0.29) is 73.9 Å². The molecular weight excluding hydrogens is 689 g/mol. The molecule has 5 bridgehead atoms. The molecule has 0 saturated heterocycles. The monoisotopic (exact) mass is 737 g/mol. The molecule has 0 fully saturated rings. The number of aliphatic hydroxyl groups is 2. The summed E-state index contributed by atoms with van der Waals surface area (Å²) < 4.78 is 23.1. The number of carbonyl (C=O) groups excluding carboxylic acids is 3.